The van der Waals surface area contributed by atoms with E-state index in [4.69, 9.17) is 11.6 Å². The number of pyridine rings is 1. The molecule has 5 nitrogen and oxygen atoms in total. The number of sulfone groups is 1. The second-order valence-electron chi connectivity index (χ2n) is 5.53. The zero-order valence-corrected chi connectivity index (χ0v) is 13.5. The maximum Gasteiger partial charge on any atom is 0.253 e. The Balaban J connectivity index is 1.88. The van der Waals surface area contributed by atoms with Gasteiger partial charge in [-0.3, -0.25) is 9.78 Å². The number of carbonyl (C=O) groups is 1. The van der Waals surface area contributed by atoms with E-state index in [1.54, 1.807) is 31.2 Å². The summed E-state index contributed by atoms with van der Waals surface area (Å²) in [6.45, 7) is 1.75. The number of benzene rings is 1. The first-order chi connectivity index (χ1) is 10.3. The highest BCUT2D eigenvalue weighted by molar-refractivity contribution is 7.91. The molecular formula is C15H15ClN2O3S. The lowest BCUT2D eigenvalue weighted by atomic mass is 10.1. The van der Waals surface area contributed by atoms with Crippen molar-refractivity contribution < 1.29 is 13.2 Å². The average molecular weight is 339 g/mol. The Labute approximate surface area is 133 Å². The van der Waals surface area contributed by atoms with Crippen LogP contribution in [0.2, 0.25) is 5.02 Å². The van der Waals surface area contributed by atoms with Crippen molar-refractivity contribution in [3.05, 3.63) is 40.5 Å². The van der Waals surface area contributed by atoms with Crippen LogP contribution in [0.25, 0.3) is 10.9 Å². The molecule has 0 saturated carbocycles. The van der Waals surface area contributed by atoms with Gasteiger partial charge in [0.25, 0.3) is 5.91 Å². The number of carbonyl (C=O) groups excluding carboxylic acids is 1. The number of aromatic nitrogens is 1. The number of fused-ring (bicyclic) bond motifs is 1. The van der Waals surface area contributed by atoms with Crippen molar-refractivity contribution in [3.8, 4) is 0 Å². The molecule has 116 valence electrons. The predicted molar refractivity (Wildman–Crippen MR) is 86.0 cm³/mol. The van der Waals surface area contributed by atoms with E-state index in [-0.39, 0.29) is 23.5 Å². The van der Waals surface area contributed by atoms with Crippen LogP contribution in [-0.4, -0.2) is 36.9 Å². The molecule has 0 radical (unpaired) electrons. The number of nitrogens with zero attached hydrogens (tertiary/aromatic N) is 1. The molecule has 1 N–H and O–H groups in total. The Morgan fingerprint density at radius 2 is 2.14 bits per heavy atom. The molecule has 2 aromatic rings. The third kappa shape index (κ3) is 3.08. The van der Waals surface area contributed by atoms with Crippen molar-refractivity contribution in [2.45, 2.75) is 19.4 Å². The molecule has 1 aromatic heterocycles. The van der Waals surface area contributed by atoms with Crippen molar-refractivity contribution in [2.75, 3.05) is 11.5 Å². The summed E-state index contributed by atoms with van der Waals surface area (Å²) in [5, 5.41) is 4.19. The van der Waals surface area contributed by atoms with Crippen molar-refractivity contribution in [3.63, 3.8) is 0 Å². The monoisotopic (exact) mass is 338 g/mol. The van der Waals surface area contributed by atoms with Gasteiger partial charge in [0.15, 0.2) is 9.84 Å². The summed E-state index contributed by atoms with van der Waals surface area (Å²) >= 11 is 5.94. The van der Waals surface area contributed by atoms with Gasteiger partial charge in [-0.15, -0.1) is 0 Å². The Bertz CT molecular complexity index is 864. The third-order valence-electron chi connectivity index (χ3n) is 3.78. The minimum Gasteiger partial charge on any atom is -0.348 e. The van der Waals surface area contributed by atoms with Crippen LogP contribution < -0.4 is 5.32 Å². The van der Waals surface area contributed by atoms with Gasteiger partial charge in [-0.25, -0.2) is 8.42 Å². The van der Waals surface area contributed by atoms with E-state index in [1.807, 2.05) is 0 Å². The molecule has 1 aromatic carbocycles. The number of rotatable bonds is 2. The molecule has 0 aliphatic carbocycles. The first-order valence-corrected chi connectivity index (χ1v) is 9.12. The fraction of sp³-hybridized carbons (Fsp3) is 0.333. The van der Waals surface area contributed by atoms with Crippen LogP contribution in [0.4, 0.5) is 0 Å². The zero-order chi connectivity index (χ0) is 15.9. The van der Waals surface area contributed by atoms with E-state index in [9.17, 15) is 13.2 Å². The second-order valence-corrected chi connectivity index (χ2v) is 8.20. The predicted octanol–water partition coefficient (Wildman–Crippen LogP) is 2.11. The van der Waals surface area contributed by atoms with Crippen LogP contribution in [0.3, 0.4) is 0 Å². The van der Waals surface area contributed by atoms with Gasteiger partial charge in [-0.2, -0.15) is 0 Å². The SMILES string of the molecule is Cc1nc2cc(Cl)ccc2cc1C(=O)N[C@H]1CCS(=O)(=O)C1. The number of hydrogen-bond acceptors (Lipinski definition) is 4. The largest absolute Gasteiger partial charge is 0.348 e. The van der Waals surface area contributed by atoms with Crippen molar-refractivity contribution in [2.24, 2.45) is 0 Å². The molecule has 1 aliphatic rings. The molecule has 22 heavy (non-hydrogen) atoms. The lowest BCUT2D eigenvalue weighted by molar-refractivity contribution is 0.0940. The number of nitrogens with one attached hydrogen (secondary N) is 1. The van der Waals surface area contributed by atoms with Crippen LogP contribution >= 0.6 is 11.6 Å². The molecule has 0 unspecified atom stereocenters. The van der Waals surface area contributed by atoms with Crippen molar-refractivity contribution in [1.29, 1.82) is 0 Å². The average Bonchev–Trinajstić information content (AvgIpc) is 2.76. The van der Waals surface area contributed by atoms with Crippen LogP contribution in [0.1, 0.15) is 22.5 Å². The highest BCUT2D eigenvalue weighted by atomic mass is 35.5. The van der Waals surface area contributed by atoms with E-state index < -0.39 is 9.84 Å². The lowest BCUT2D eigenvalue weighted by Gasteiger charge is -2.13. The van der Waals surface area contributed by atoms with Crippen LogP contribution in [0, 0.1) is 6.92 Å². The van der Waals surface area contributed by atoms with Gasteiger partial charge in [0, 0.05) is 16.5 Å². The molecule has 0 bridgehead atoms. The number of amides is 1. The van der Waals surface area contributed by atoms with E-state index in [0.717, 1.165) is 10.9 Å². The molecule has 1 aliphatic heterocycles. The van der Waals surface area contributed by atoms with E-state index in [2.05, 4.69) is 10.3 Å². The fourth-order valence-electron chi connectivity index (χ4n) is 2.64. The van der Waals surface area contributed by atoms with E-state index in [0.29, 0.717) is 22.7 Å². The molecule has 0 spiro atoms. The van der Waals surface area contributed by atoms with Gasteiger partial charge in [0.1, 0.15) is 0 Å². The Morgan fingerprint density at radius 3 is 2.82 bits per heavy atom. The molecule has 7 heteroatoms. The highest BCUT2D eigenvalue weighted by Crippen LogP contribution is 2.21. The summed E-state index contributed by atoms with van der Waals surface area (Å²) in [4.78, 5) is 16.8. The van der Waals surface area contributed by atoms with Crippen LogP contribution in [0.15, 0.2) is 24.3 Å². The Hall–Kier alpha value is -1.66. The summed E-state index contributed by atoms with van der Waals surface area (Å²) in [6.07, 6.45) is 0.462. The van der Waals surface area contributed by atoms with E-state index in [1.165, 1.54) is 0 Å². The molecule has 1 amide bonds. The van der Waals surface area contributed by atoms with Crippen LogP contribution in [0.5, 0.6) is 0 Å². The highest BCUT2D eigenvalue weighted by Gasteiger charge is 2.29. The molecule has 2 heterocycles. The molecular weight excluding hydrogens is 324 g/mol. The van der Waals surface area contributed by atoms with Gasteiger partial charge in [0.05, 0.1) is 28.3 Å². The third-order valence-corrected chi connectivity index (χ3v) is 5.79. The quantitative estimate of drug-likeness (QED) is 0.910. The Kier molecular flexibility index (Phi) is 3.82. The van der Waals surface area contributed by atoms with Gasteiger partial charge in [-0.05, 0) is 31.5 Å². The van der Waals surface area contributed by atoms with Gasteiger partial charge < -0.3 is 5.32 Å². The number of hydrogen-bond donors (Lipinski definition) is 1. The fourth-order valence-corrected chi connectivity index (χ4v) is 4.48. The normalized spacial score (nSPS) is 20.2. The molecule has 3 rings (SSSR count). The number of halogens is 1. The standard InChI is InChI=1S/C15H15ClN2O3S/c1-9-13(6-10-2-3-11(16)7-14(10)17-9)15(19)18-12-4-5-22(20,21)8-12/h2-3,6-7,12H,4-5,8H2,1H3,(H,18,19)/t12-/m0/s1. The summed E-state index contributed by atoms with van der Waals surface area (Å²) in [5.74, 6) is -0.149. The Morgan fingerprint density at radius 1 is 1.36 bits per heavy atom. The summed E-state index contributed by atoms with van der Waals surface area (Å²) in [5.41, 5.74) is 1.78. The first kappa shape index (κ1) is 15.2. The van der Waals surface area contributed by atoms with E-state index >= 15 is 0 Å². The zero-order valence-electron chi connectivity index (χ0n) is 12.0. The van der Waals surface area contributed by atoms with Gasteiger partial charge >= 0.3 is 0 Å². The first-order valence-electron chi connectivity index (χ1n) is 6.92. The molecule has 1 fully saturated rings. The molecule has 1 saturated heterocycles. The summed E-state index contributed by atoms with van der Waals surface area (Å²) < 4.78 is 22.9. The summed E-state index contributed by atoms with van der Waals surface area (Å²) in [6, 6.07) is 6.73. The minimum absolute atomic E-state index is 0.00834. The van der Waals surface area contributed by atoms with Gasteiger partial charge in [-0.1, -0.05) is 17.7 Å². The smallest absolute Gasteiger partial charge is 0.253 e. The van der Waals surface area contributed by atoms with Crippen molar-refractivity contribution in [1.82, 2.24) is 10.3 Å². The molecule has 1 atom stereocenters. The van der Waals surface area contributed by atoms with Crippen LogP contribution in [-0.2, 0) is 9.84 Å². The van der Waals surface area contributed by atoms with Crippen molar-refractivity contribution >= 4 is 38.2 Å². The maximum atomic E-state index is 12.4. The lowest BCUT2D eigenvalue weighted by Crippen LogP contribution is -2.36. The van der Waals surface area contributed by atoms with Gasteiger partial charge in [0.2, 0.25) is 0 Å². The topological polar surface area (TPSA) is 76.1 Å². The minimum atomic E-state index is -3.02. The summed E-state index contributed by atoms with van der Waals surface area (Å²) in [7, 11) is -3.02. The second kappa shape index (κ2) is 5.52. The maximum absolute atomic E-state index is 12.4. The number of aryl methyl sites for hydroxylation is 1.